The highest BCUT2D eigenvalue weighted by Crippen LogP contribution is 2.42. The van der Waals surface area contributed by atoms with Crippen molar-refractivity contribution < 1.29 is 28.7 Å². The molecule has 0 spiro atoms. The zero-order valence-electron chi connectivity index (χ0n) is 38.8. The van der Waals surface area contributed by atoms with Gasteiger partial charge in [-0.25, -0.2) is 15.2 Å². The number of thiazole rings is 1. The summed E-state index contributed by atoms with van der Waals surface area (Å²) in [7, 11) is 5.48. The highest BCUT2D eigenvalue weighted by molar-refractivity contribution is 7.10. The Morgan fingerprint density at radius 3 is 2.56 bits per heavy atom. The van der Waals surface area contributed by atoms with E-state index < -0.39 is 35.4 Å². The Balaban J connectivity index is 1.14. The number of methoxy groups -OCH3 is 1. The number of fused-ring (bicyclic) bond motifs is 6. The number of carbonyl (C=O) groups excluding carboxylic acids is 4. The van der Waals surface area contributed by atoms with Crippen LogP contribution in [0, 0.1) is 23.2 Å². The minimum absolute atomic E-state index is 0.119. The van der Waals surface area contributed by atoms with E-state index in [0.29, 0.717) is 62.3 Å². The summed E-state index contributed by atoms with van der Waals surface area (Å²) >= 11 is 1.44. The molecule has 1 aromatic carbocycles. The molecule has 15 nitrogen and oxygen atoms in total. The molecule has 4 aliphatic heterocycles. The van der Waals surface area contributed by atoms with Crippen LogP contribution in [0.25, 0.3) is 33.4 Å². The first-order chi connectivity index (χ1) is 30.6. The van der Waals surface area contributed by atoms with Gasteiger partial charge in [-0.05, 0) is 87.7 Å². The largest absolute Gasteiger partial charge is 0.464 e. The summed E-state index contributed by atoms with van der Waals surface area (Å²) in [6.45, 7) is 16.9. The topological polar surface area (TPSA) is 154 Å². The van der Waals surface area contributed by atoms with E-state index >= 15 is 0 Å². The Morgan fingerprint density at radius 2 is 1.86 bits per heavy atom. The van der Waals surface area contributed by atoms with Gasteiger partial charge in [0, 0.05) is 98.9 Å². The van der Waals surface area contributed by atoms with Crippen LogP contribution in [-0.4, -0.2) is 137 Å². The van der Waals surface area contributed by atoms with Crippen molar-refractivity contribution in [1.29, 1.82) is 0 Å². The number of benzene rings is 1. The van der Waals surface area contributed by atoms with Crippen LogP contribution in [0.5, 0.6) is 0 Å². The molecule has 3 aromatic heterocycles. The molecule has 6 bridgehead atoms. The molecule has 4 aromatic rings. The van der Waals surface area contributed by atoms with Crippen LogP contribution in [0.15, 0.2) is 41.9 Å². The van der Waals surface area contributed by atoms with E-state index in [1.54, 1.807) is 20.4 Å². The Bertz CT molecular complexity index is 2380. The minimum Gasteiger partial charge on any atom is -0.464 e. The summed E-state index contributed by atoms with van der Waals surface area (Å²) in [6, 6.07) is 7.69. The SMILES string of the molecule is CCn1c(-c2cccnc2[C@H](C)OC)c2c3cc(ccc31)-c1csc(n1)C[C@H](NC(=O)C(C(C)C)N(C)C(=O)N1CC(C3CN(C)C3)C1)C(=O)N1CCC[C@H](N1)C(=O)OCC(C)(C)C2. The minimum atomic E-state index is -1.03. The zero-order chi connectivity index (χ0) is 45.6. The van der Waals surface area contributed by atoms with Gasteiger partial charge in [-0.3, -0.25) is 24.4 Å². The first-order valence-corrected chi connectivity index (χ1v) is 23.8. The van der Waals surface area contributed by atoms with E-state index in [2.05, 4.69) is 72.3 Å². The molecule has 1 unspecified atom stereocenters. The third kappa shape index (κ3) is 9.03. The number of aryl methyl sites for hydroxylation is 1. The molecule has 0 radical (unpaired) electrons. The lowest BCUT2D eigenvalue weighted by atomic mass is 9.81. The van der Waals surface area contributed by atoms with Crippen LogP contribution in [-0.2, 0) is 43.2 Å². The lowest BCUT2D eigenvalue weighted by Gasteiger charge is -2.50. The van der Waals surface area contributed by atoms with E-state index in [1.165, 1.54) is 21.2 Å². The molecule has 64 heavy (non-hydrogen) atoms. The number of hydrogen-bond donors (Lipinski definition) is 2. The number of aromatic nitrogens is 3. The Labute approximate surface area is 380 Å². The van der Waals surface area contributed by atoms with Gasteiger partial charge in [0.25, 0.3) is 5.91 Å². The number of esters is 1. The Morgan fingerprint density at radius 1 is 1.11 bits per heavy atom. The van der Waals surface area contributed by atoms with Gasteiger partial charge >= 0.3 is 12.0 Å². The number of nitrogens with zero attached hydrogens (tertiary/aromatic N) is 7. The number of carbonyl (C=O) groups is 4. The van der Waals surface area contributed by atoms with E-state index in [4.69, 9.17) is 19.4 Å². The second-order valence-corrected chi connectivity index (χ2v) is 20.4. The van der Waals surface area contributed by atoms with Crippen LogP contribution in [0.1, 0.15) is 76.8 Å². The molecule has 4 amide bonds. The third-order valence-corrected chi connectivity index (χ3v) is 14.6. The maximum Gasteiger partial charge on any atom is 0.324 e. The number of amides is 4. The smallest absolute Gasteiger partial charge is 0.324 e. The number of hydrogen-bond acceptors (Lipinski definition) is 11. The summed E-state index contributed by atoms with van der Waals surface area (Å²) in [5, 5.41) is 8.26. The second-order valence-electron chi connectivity index (χ2n) is 19.5. The summed E-state index contributed by atoms with van der Waals surface area (Å²) in [4.78, 5) is 72.2. The average molecular weight is 896 g/mol. The van der Waals surface area contributed by atoms with E-state index in [-0.39, 0.29) is 37.0 Å². The van der Waals surface area contributed by atoms with Crippen molar-refractivity contribution >= 4 is 46.1 Å². The molecule has 4 aliphatic rings. The number of urea groups is 1. The molecule has 344 valence electrons. The van der Waals surface area contributed by atoms with Crippen molar-refractivity contribution in [2.75, 3.05) is 60.5 Å². The molecule has 16 heteroatoms. The maximum absolute atomic E-state index is 14.6. The monoisotopic (exact) mass is 895 g/mol. The fourth-order valence-electron chi connectivity index (χ4n) is 10.1. The van der Waals surface area contributed by atoms with Gasteiger partial charge in [-0.15, -0.1) is 11.3 Å². The Kier molecular flexibility index (Phi) is 13.2. The van der Waals surface area contributed by atoms with Gasteiger partial charge in [-0.2, -0.15) is 0 Å². The molecule has 3 fully saturated rings. The number of rotatable bonds is 9. The van der Waals surface area contributed by atoms with E-state index in [1.807, 2.05) is 37.1 Å². The number of nitrogens with one attached hydrogen (secondary N) is 2. The summed E-state index contributed by atoms with van der Waals surface area (Å²) in [6.07, 6.45) is 3.33. The molecule has 0 aliphatic carbocycles. The fraction of sp³-hybridized carbons (Fsp3) is 0.583. The van der Waals surface area contributed by atoms with Gasteiger partial charge < -0.3 is 34.1 Å². The number of cyclic esters (lactones) is 1. The summed E-state index contributed by atoms with van der Waals surface area (Å²) in [5.74, 6) is -0.393. The van der Waals surface area contributed by atoms with Gasteiger partial charge in [0.05, 0.1) is 34.8 Å². The summed E-state index contributed by atoms with van der Waals surface area (Å²) in [5.41, 5.74) is 9.43. The fourth-order valence-corrected chi connectivity index (χ4v) is 11.0. The number of likely N-dealkylation sites (N-methyl/N-ethyl adjacent to an activating group) is 1. The average Bonchev–Trinajstić information content (AvgIpc) is 3.84. The molecule has 2 N–H and O–H groups in total. The first kappa shape index (κ1) is 45.7. The molecule has 4 atom stereocenters. The zero-order valence-corrected chi connectivity index (χ0v) is 39.7. The van der Waals surface area contributed by atoms with E-state index in [9.17, 15) is 19.2 Å². The molecule has 3 saturated heterocycles. The van der Waals surface area contributed by atoms with Crippen LogP contribution >= 0.6 is 11.3 Å². The maximum atomic E-state index is 14.6. The Hall–Kier alpha value is -4.90. The number of likely N-dealkylation sites (tertiary alicyclic amines) is 2. The van der Waals surface area contributed by atoms with Crippen molar-refractivity contribution in [2.24, 2.45) is 23.2 Å². The quantitative estimate of drug-likeness (QED) is 0.198. The van der Waals surface area contributed by atoms with Crippen LogP contribution in [0.4, 0.5) is 4.79 Å². The van der Waals surface area contributed by atoms with Gasteiger partial charge in [0.1, 0.15) is 18.1 Å². The number of ether oxygens (including phenoxy) is 2. The lowest BCUT2D eigenvalue weighted by molar-refractivity contribution is -0.155. The van der Waals surface area contributed by atoms with Crippen LogP contribution in [0.3, 0.4) is 0 Å². The van der Waals surface area contributed by atoms with Crippen molar-refractivity contribution in [3.63, 3.8) is 0 Å². The second kappa shape index (κ2) is 18.5. The van der Waals surface area contributed by atoms with Crippen molar-refractivity contribution in [1.82, 2.24) is 45.0 Å². The van der Waals surface area contributed by atoms with Gasteiger partial charge in [-0.1, -0.05) is 33.8 Å². The highest BCUT2D eigenvalue weighted by atomic mass is 32.1. The predicted molar refractivity (Wildman–Crippen MR) is 247 cm³/mol. The van der Waals surface area contributed by atoms with Crippen LogP contribution < -0.4 is 10.7 Å². The lowest BCUT2D eigenvalue weighted by Crippen LogP contribution is -2.64. The predicted octanol–water partition coefficient (Wildman–Crippen LogP) is 5.77. The van der Waals surface area contributed by atoms with Crippen LogP contribution in [0.2, 0.25) is 0 Å². The van der Waals surface area contributed by atoms with Gasteiger partial charge in [0.2, 0.25) is 5.91 Å². The normalized spacial score (nSPS) is 22.1. The number of hydrazine groups is 1. The number of pyridine rings is 1. The third-order valence-electron chi connectivity index (χ3n) is 13.7. The van der Waals surface area contributed by atoms with Gasteiger partial charge in [0.15, 0.2) is 0 Å². The van der Waals surface area contributed by atoms with Crippen molar-refractivity contribution in [2.45, 2.75) is 98.0 Å². The first-order valence-electron chi connectivity index (χ1n) is 22.9. The molecule has 8 rings (SSSR count). The highest BCUT2D eigenvalue weighted by Gasteiger charge is 2.44. The standard InChI is InChI=1S/C48H65N9O6S/c1-10-56-39-16-15-30-19-34(39)35(43(56)33-13-11-17-49-41(33)29(4)62-9)21-48(5,6)27-63-46(60)36-14-12-18-57(52-36)45(59)37(20-40-50-38(30)26-64-40)51-44(58)42(28(2)3)54(8)47(61)55-24-32(25-55)31-22-53(7)23-31/h11,13,15-17,19,26,28-29,31-32,36-37,42,52H,10,12,14,18,20-25,27H2,1-9H3,(H,51,58)/t29-,36-,37-,42?/m0/s1. The van der Waals surface area contributed by atoms with Crippen molar-refractivity contribution in [3.05, 3.63) is 58.2 Å². The molecular weight excluding hydrogens is 831 g/mol. The van der Waals surface area contributed by atoms with Crippen molar-refractivity contribution in [3.8, 4) is 22.5 Å². The molecular formula is C48H65N9O6S. The summed E-state index contributed by atoms with van der Waals surface area (Å²) < 4.78 is 14.3. The molecule has 0 saturated carbocycles. The molecule has 7 heterocycles. The van der Waals surface area contributed by atoms with E-state index in [0.717, 1.165) is 57.8 Å².